The van der Waals surface area contributed by atoms with E-state index < -0.39 is 0 Å². The summed E-state index contributed by atoms with van der Waals surface area (Å²) in [6.45, 7) is 5.21. The van der Waals surface area contributed by atoms with E-state index in [2.05, 4.69) is 46.8 Å². The van der Waals surface area contributed by atoms with E-state index in [-0.39, 0.29) is 11.9 Å². The highest BCUT2D eigenvalue weighted by atomic mass is 16.1. The van der Waals surface area contributed by atoms with Crippen molar-refractivity contribution in [1.82, 2.24) is 15.6 Å². The van der Waals surface area contributed by atoms with E-state index in [0.717, 1.165) is 30.3 Å². The number of amides is 1. The molecule has 2 rings (SSSR count). The first-order valence-electron chi connectivity index (χ1n) is 7.53. The number of aromatic nitrogens is 1. The largest absolute Gasteiger partial charge is 0.353 e. The van der Waals surface area contributed by atoms with Gasteiger partial charge >= 0.3 is 0 Å². The van der Waals surface area contributed by atoms with E-state index in [9.17, 15) is 4.79 Å². The van der Waals surface area contributed by atoms with Crippen molar-refractivity contribution >= 4 is 16.8 Å². The lowest BCUT2D eigenvalue weighted by Crippen LogP contribution is -2.39. The van der Waals surface area contributed by atoms with Crippen LogP contribution >= 0.6 is 0 Å². The molecule has 1 unspecified atom stereocenters. The highest BCUT2D eigenvalue weighted by Crippen LogP contribution is 2.15. The first kappa shape index (κ1) is 15.4. The highest BCUT2D eigenvalue weighted by molar-refractivity contribution is 5.81. The molecule has 0 saturated heterocycles. The second-order valence-corrected chi connectivity index (χ2v) is 5.30. The van der Waals surface area contributed by atoms with Crippen molar-refractivity contribution in [2.75, 3.05) is 13.1 Å². The third-order valence-electron chi connectivity index (χ3n) is 3.59. The van der Waals surface area contributed by atoms with Crippen LogP contribution in [0.1, 0.15) is 25.8 Å². The minimum atomic E-state index is 0.0559. The Morgan fingerprint density at radius 1 is 1.29 bits per heavy atom. The molecule has 0 aliphatic heterocycles. The zero-order valence-electron chi connectivity index (χ0n) is 12.7. The Morgan fingerprint density at radius 2 is 2.10 bits per heavy atom. The number of hydrogen-bond donors (Lipinski definition) is 2. The molecule has 0 spiro atoms. The Bertz CT molecular complexity index is 592. The maximum atomic E-state index is 11.7. The van der Waals surface area contributed by atoms with Gasteiger partial charge < -0.3 is 10.6 Å². The molecule has 1 aromatic carbocycles. The van der Waals surface area contributed by atoms with Gasteiger partial charge in [0.15, 0.2) is 0 Å². The molecule has 1 atom stereocenters. The number of carbonyl (C=O) groups is 1. The summed E-state index contributed by atoms with van der Waals surface area (Å²) in [5.41, 5.74) is 2.26. The molecule has 21 heavy (non-hydrogen) atoms. The molecule has 1 heterocycles. The number of rotatable bonds is 7. The van der Waals surface area contributed by atoms with Crippen LogP contribution in [0.4, 0.5) is 0 Å². The molecule has 2 N–H and O–H groups in total. The van der Waals surface area contributed by atoms with E-state index in [0.29, 0.717) is 6.54 Å². The molecule has 0 aliphatic rings. The van der Waals surface area contributed by atoms with Crippen molar-refractivity contribution in [2.45, 2.75) is 32.7 Å². The molecule has 1 aromatic heterocycles. The SMILES string of the molecule is CCC(C)NC(=O)CNCCc1cccc2cccnc12. The number of benzene rings is 1. The molecule has 2 aromatic rings. The minimum Gasteiger partial charge on any atom is -0.353 e. The number of para-hydroxylation sites is 1. The first-order chi connectivity index (χ1) is 10.2. The summed E-state index contributed by atoms with van der Waals surface area (Å²) in [5, 5.41) is 7.29. The molecule has 0 saturated carbocycles. The molecular formula is C17H23N3O. The van der Waals surface area contributed by atoms with Crippen molar-refractivity contribution < 1.29 is 4.79 Å². The number of pyridine rings is 1. The maximum Gasteiger partial charge on any atom is 0.234 e. The Kier molecular flexibility index (Phi) is 5.69. The Labute approximate surface area is 126 Å². The van der Waals surface area contributed by atoms with Crippen LogP contribution in [-0.4, -0.2) is 30.0 Å². The van der Waals surface area contributed by atoms with Gasteiger partial charge in [-0.1, -0.05) is 31.2 Å². The molecule has 0 radical (unpaired) electrons. The highest BCUT2D eigenvalue weighted by Gasteiger charge is 2.05. The predicted molar refractivity (Wildman–Crippen MR) is 86.2 cm³/mol. The summed E-state index contributed by atoms with van der Waals surface area (Å²) < 4.78 is 0. The zero-order chi connectivity index (χ0) is 15.1. The van der Waals surface area contributed by atoms with E-state index in [1.807, 2.05) is 19.2 Å². The average Bonchev–Trinajstić information content (AvgIpc) is 2.51. The summed E-state index contributed by atoms with van der Waals surface area (Å²) in [4.78, 5) is 16.1. The van der Waals surface area contributed by atoms with E-state index >= 15 is 0 Å². The zero-order valence-corrected chi connectivity index (χ0v) is 12.7. The Hall–Kier alpha value is -1.94. The second-order valence-electron chi connectivity index (χ2n) is 5.30. The summed E-state index contributed by atoms with van der Waals surface area (Å²) in [5.74, 6) is 0.0559. The second kappa shape index (κ2) is 7.74. The van der Waals surface area contributed by atoms with Gasteiger partial charge in [-0.2, -0.15) is 0 Å². The number of hydrogen-bond acceptors (Lipinski definition) is 3. The fraction of sp³-hybridized carbons (Fsp3) is 0.412. The van der Waals surface area contributed by atoms with Crippen molar-refractivity contribution in [3.8, 4) is 0 Å². The van der Waals surface area contributed by atoms with Crippen molar-refractivity contribution in [1.29, 1.82) is 0 Å². The fourth-order valence-electron chi connectivity index (χ4n) is 2.22. The van der Waals surface area contributed by atoms with Gasteiger partial charge in [-0.3, -0.25) is 9.78 Å². The standard InChI is InChI=1S/C17H23N3O/c1-3-13(2)20-16(21)12-18-11-9-15-7-4-6-14-8-5-10-19-17(14)15/h4-8,10,13,18H,3,9,11-12H2,1-2H3,(H,20,21). The number of carbonyl (C=O) groups excluding carboxylic acids is 1. The number of fused-ring (bicyclic) bond motifs is 1. The molecule has 4 nitrogen and oxygen atoms in total. The lowest BCUT2D eigenvalue weighted by Gasteiger charge is -2.12. The molecule has 0 aliphatic carbocycles. The molecule has 112 valence electrons. The van der Waals surface area contributed by atoms with Crippen LogP contribution in [0.25, 0.3) is 10.9 Å². The monoisotopic (exact) mass is 285 g/mol. The van der Waals surface area contributed by atoms with E-state index in [1.165, 1.54) is 5.56 Å². The van der Waals surface area contributed by atoms with Crippen LogP contribution in [0.5, 0.6) is 0 Å². The number of nitrogens with zero attached hydrogens (tertiary/aromatic N) is 1. The smallest absolute Gasteiger partial charge is 0.234 e. The van der Waals surface area contributed by atoms with Crippen LogP contribution in [0.15, 0.2) is 36.5 Å². The van der Waals surface area contributed by atoms with Crippen LogP contribution in [0, 0.1) is 0 Å². The van der Waals surface area contributed by atoms with Crippen LogP contribution in [0.3, 0.4) is 0 Å². The van der Waals surface area contributed by atoms with Gasteiger partial charge in [-0.25, -0.2) is 0 Å². The molecule has 0 bridgehead atoms. The van der Waals surface area contributed by atoms with Gasteiger partial charge in [0.1, 0.15) is 0 Å². The lowest BCUT2D eigenvalue weighted by atomic mass is 10.1. The third-order valence-corrected chi connectivity index (χ3v) is 3.59. The van der Waals surface area contributed by atoms with Crippen molar-refractivity contribution in [3.05, 3.63) is 42.1 Å². The summed E-state index contributed by atoms with van der Waals surface area (Å²) in [6.07, 6.45) is 3.64. The fourth-order valence-corrected chi connectivity index (χ4v) is 2.22. The van der Waals surface area contributed by atoms with Gasteiger partial charge in [0.05, 0.1) is 12.1 Å². The van der Waals surface area contributed by atoms with Gasteiger partial charge in [0.25, 0.3) is 0 Å². The number of nitrogens with one attached hydrogen (secondary N) is 2. The van der Waals surface area contributed by atoms with Crippen LogP contribution in [-0.2, 0) is 11.2 Å². The third kappa shape index (κ3) is 4.53. The van der Waals surface area contributed by atoms with E-state index in [1.54, 1.807) is 0 Å². The van der Waals surface area contributed by atoms with E-state index in [4.69, 9.17) is 0 Å². The predicted octanol–water partition coefficient (Wildman–Crippen LogP) is 2.28. The Morgan fingerprint density at radius 3 is 2.90 bits per heavy atom. The lowest BCUT2D eigenvalue weighted by molar-refractivity contribution is -0.120. The summed E-state index contributed by atoms with van der Waals surface area (Å²) >= 11 is 0. The van der Waals surface area contributed by atoms with Crippen LogP contribution < -0.4 is 10.6 Å². The van der Waals surface area contributed by atoms with Gasteiger partial charge in [-0.15, -0.1) is 0 Å². The summed E-state index contributed by atoms with van der Waals surface area (Å²) in [6, 6.07) is 10.5. The molecule has 4 heteroatoms. The van der Waals surface area contributed by atoms with Crippen molar-refractivity contribution in [2.24, 2.45) is 0 Å². The molecular weight excluding hydrogens is 262 g/mol. The van der Waals surface area contributed by atoms with Crippen LogP contribution in [0.2, 0.25) is 0 Å². The molecule has 1 amide bonds. The van der Waals surface area contributed by atoms with Gasteiger partial charge in [0.2, 0.25) is 5.91 Å². The van der Waals surface area contributed by atoms with Crippen molar-refractivity contribution in [3.63, 3.8) is 0 Å². The minimum absolute atomic E-state index is 0.0559. The first-order valence-corrected chi connectivity index (χ1v) is 7.53. The maximum absolute atomic E-state index is 11.7. The average molecular weight is 285 g/mol. The summed E-state index contributed by atoms with van der Waals surface area (Å²) in [7, 11) is 0. The van der Waals surface area contributed by atoms with Gasteiger partial charge in [-0.05, 0) is 37.9 Å². The van der Waals surface area contributed by atoms with Gasteiger partial charge in [0, 0.05) is 17.6 Å². The Balaban J connectivity index is 1.82. The topological polar surface area (TPSA) is 54.0 Å². The normalized spacial score (nSPS) is 12.3. The molecule has 0 fully saturated rings. The quantitative estimate of drug-likeness (QED) is 0.767.